The summed E-state index contributed by atoms with van der Waals surface area (Å²) in [5, 5.41) is 11.3. The Labute approximate surface area is 113 Å². The summed E-state index contributed by atoms with van der Waals surface area (Å²) in [4.78, 5) is 24.6. The summed E-state index contributed by atoms with van der Waals surface area (Å²) >= 11 is 0. The second-order valence-corrected chi connectivity index (χ2v) is 4.62. The minimum atomic E-state index is -0.379. The summed E-state index contributed by atoms with van der Waals surface area (Å²) < 4.78 is 5.02. The van der Waals surface area contributed by atoms with Crippen molar-refractivity contribution in [3.63, 3.8) is 0 Å². The number of nitrogens with one attached hydrogen (secondary N) is 1. The van der Waals surface area contributed by atoms with Crippen LogP contribution in [0.2, 0.25) is 0 Å². The molecule has 2 amide bonds. The fourth-order valence-electron chi connectivity index (χ4n) is 1.97. The van der Waals surface area contributed by atoms with E-state index in [1.165, 1.54) is 0 Å². The van der Waals surface area contributed by atoms with Gasteiger partial charge in [-0.15, -0.1) is 0 Å². The number of hydrogen-bond donors (Lipinski definition) is 1. The highest BCUT2D eigenvalue weighted by Gasteiger charge is 2.23. The largest absolute Gasteiger partial charge is 0.450 e. The number of nitrogens with zero attached hydrogens (tertiary/aromatic N) is 2. The zero-order valence-corrected chi connectivity index (χ0v) is 11.4. The molecule has 1 heterocycles. The van der Waals surface area contributed by atoms with Crippen molar-refractivity contribution in [2.45, 2.75) is 45.1 Å². The van der Waals surface area contributed by atoms with E-state index in [-0.39, 0.29) is 24.5 Å². The number of nitriles is 1. The Hall–Kier alpha value is -1.77. The molecule has 1 rings (SSSR count). The number of alkyl carbamates (subject to hydrolysis) is 1. The molecule has 106 valence electrons. The van der Waals surface area contributed by atoms with Gasteiger partial charge in [-0.25, -0.2) is 4.79 Å². The number of ether oxygens (including phenoxy) is 1. The van der Waals surface area contributed by atoms with Crippen molar-refractivity contribution in [2.75, 3.05) is 19.7 Å². The van der Waals surface area contributed by atoms with Gasteiger partial charge >= 0.3 is 6.09 Å². The van der Waals surface area contributed by atoms with E-state index in [9.17, 15) is 9.59 Å². The standard InChI is InChI=1S/C13H21N3O3/c1-2-3-10-19-13(18)15-11-5-8-16(9-6-11)12(17)4-7-14/h11H,2-6,8-10H2,1H3,(H,15,18). The molecule has 19 heavy (non-hydrogen) atoms. The van der Waals surface area contributed by atoms with Crippen LogP contribution in [0.4, 0.5) is 4.79 Å². The number of amides is 2. The normalized spacial score (nSPS) is 15.7. The van der Waals surface area contributed by atoms with Crippen molar-refractivity contribution in [2.24, 2.45) is 0 Å². The van der Waals surface area contributed by atoms with Crippen LogP contribution >= 0.6 is 0 Å². The van der Waals surface area contributed by atoms with Crippen molar-refractivity contribution in [1.29, 1.82) is 5.26 Å². The Bertz CT molecular complexity index is 344. The topological polar surface area (TPSA) is 82.4 Å². The second kappa shape index (κ2) is 8.35. The van der Waals surface area contributed by atoms with E-state index >= 15 is 0 Å². The molecule has 0 aromatic rings. The van der Waals surface area contributed by atoms with E-state index in [4.69, 9.17) is 10.00 Å². The Morgan fingerprint density at radius 2 is 2.11 bits per heavy atom. The monoisotopic (exact) mass is 267 g/mol. The Balaban J connectivity index is 2.21. The summed E-state index contributed by atoms with van der Waals surface area (Å²) in [6.45, 7) is 3.65. The molecule has 0 radical (unpaired) electrons. The third-order valence-electron chi connectivity index (χ3n) is 3.13. The molecule has 6 heteroatoms. The SMILES string of the molecule is CCCCOC(=O)NC1CCN(C(=O)CC#N)CC1. The zero-order chi connectivity index (χ0) is 14.1. The van der Waals surface area contributed by atoms with Gasteiger partial charge in [0.05, 0.1) is 12.7 Å². The maximum Gasteiger partial charge on any atom is 0.407 e. The molecule has 0 aromatic heterocycles. The third-order valence-corrected chi connectivity index (χ3v) is 3.13. The van der Waals surface area contributed by atoms with E-state index in [1.54, 1.807) is 4.90 Å². The molecule has 0 aromatic carbocycles. The molecule has 0 spiro atoms. The van der Waals surface area contributed by atoms with E-state index in [0.717, 1.165) is 12.8 Å². The van der Waals surface area contributed by atoms with Crippen LogP contribution in [0.1, 0.15) is 39.0 Å². The van der Waals surface area contributed by atoms with Crippen LogP contribution in [0, 0.1) is 11.3 Å². The predicted molar refractivity (Wildman–Crippen MR) is 69.2 cm³/mol. The van der Waals surface area contributed by atoms with E-state index in [2.05, 4.69) is 5.32 Å². The fourth-order valence-corrected chi connectivity index (χ4v) is 1.97. The number of rotatable bonds is 5. The highest BCUT2D eigenvalue weighted by molar-refractivity contribution is 5.78. The lowest BCUT2D eigenvalue weighted by atomic mass is 10.1. The first kappa shape index (κ1) is 15.3. The lowest BCUT2D eigenvalue weighted by molar-refractivity contribution is -0.131. The van der Waals surface area contributed by atoms with Crippen LogP contribution in [0.25, 0.3) is 0 Å². The van der Waals surface area contributed by atoms with Crippen molar-refractivity contribution < 1.29 is 14.3 Å². The van der Waals surface area contributed by atoms with Crippen molar-refractivity contribution in [1.82, 2.24) is 10.2 Å². The fraction of sp³-hybridized carbons (Fsp3) is 0.769. The quantitative estimate of drug-likeness (QED) is 0.764. The van der Waals surface area contributed by atoms with E-state index in [0.29, 0.717) is 32.5 Å². The van der Waals surface area contributed by atoms with E-state index in [1.807, 2.05) is 13.0 Å². The summed E-state index contributed by atoms with van der Waals surface area (Å²) in [7, 11) is 0. The molecule has 1 aliphatic heterocycles. The van der Waals surface area contributed by atoms with Gasteiger partial charge in [-0.1, -0.05) is 13.3 Å². The Kier molecular flexibility index (Phi) is 6.72. The summed E-state index contributed by atoms with van der Waals surface area (Å²) in [5.41, 5.74) is 0. The predicted octanol–water partition coefficient (Wildman–Crippen LogP) is 1.42. The van der Waals surface area contributed by atoms with Crippen molar-refractivity contribution in [3.05, 3.63) is 0 Å². The third kappa shape index (κ3) is 5.60. The summed E-state index contributed by atoms with van der Waals surface area (Å²) in [6, 6.07) is 1.91. The molecule has 0 atom stereocenters. The average Bonchev–Trinajstić information content (AvgIpc) is 2.40. The number of carbonyl (C=O) groups excluding carboxylic acids is 2. The number of hydrogen-bond acceptors (Lipinski definition) is 4. The maximum atomic E-state index is 11.5. The number of carbonyl (C=O) groups is 2. The van der Waals surface area contributed by atoms with Gasteiger partial charge < -0.3 is 15.0 Å². The minimum absolute atomic E-state index is 0.0558. The second-order valence-electron chi connectivity index (χ2n) is 4.62. The van der Waals surface area contributed by atoms with Gasteiger partial charge in [-0.2, -0.15) is 5.26 Å². The molecule has 1 saturated heterocycles. The highest BCUT2D eigenvalue weighted by Crippen LogP contribution is 2.11. The maximum absolute atomic E-state index is 11.5. The first-order valence-corrected chi connectivity index (χ1v) is 6.75. The number of likely N-dealkylation sites (tertiary alicyclic amines) is 1. The van der Waals surface area contributed by atoms with Gasteiger partial charge in [-0.05, 0) is 19.3 Å². The van der Waals surface area contributed by atoms with Crippen LogP contribution in [0.5, 0.6) is 0 Å². The molecular formula is C13H21N3O3. The molecule has 0 saturated carbocycles. The first-order valence-electron chi connectivity index (χ1n) is 6.75. The lowest BCUT2D eigenvalue weighted by Crippen LogP contribution is -2.46. The van der Waals surface area contributed by atoms with Crippen molar-refractivity contribution >= 4 is 12.0 Å². The zero-order valence-electron chi connectivity index (χ0n) is 11.4. The molecule has 0 aliphatic carbocycles. The van der Waals surface area contributed by atoms with Gasteiger partial charge in [0.1, 0.15) is 6.42 Å². The van der Waals surface area contributed by atoms with Crippen LogP contribution in [0.3, 0.4) is 0 Å². The van der Waals surface area contributed by atoms with Gasteiger partial charge in [0.25, 0.3) is 0 Å². The minimum Gasteiger partial charge on any atom is -0.450 e. The smallest absolute Gasteiger partial charge is 0.407 e. The molecule has 1 aliphatic rings. The van der Waals surface area contributed by atoms with E-state index < -0.39 is 0 Å². The highest BCUT2D eigenvalue weighted by atomic mass is 16.5. The Morgan fingerprint density at radius 3 is 2.68 bits per heavy atom. The van der Waals surface area contributed by atoms with Crippen molar-refractivity contribution in [3.8, 4) is 6.07 Å². The van der Waals surface area contributed by atoms with Gasteiger partial charge in [-0.3, -0.25) is 4.79 Å². The molecule has 1 N–H and O–H groups in total. The molecular weight excluding hydrogens is 246 g/mol. The number of unbranched alkanes of at least 4 members (excludes halogenated alkanes) is 1. The summed E-state index contributed by atoms with van der Waals surface area (Å²) in [6.07, 6.45) is 2.83. The molecule has 1 fully saturated rings. The summed E-state index contributed by atoms with van der Waals surface area (Å²) in [5.74, 6) is -0.133. The van der Waals surface area contributed by atoms with Gasteiger partial charge in [0, 0.05) is 19.1 Å². The van der Waals surface area contributed by atoms with Gasteiger partial charge in [0.2, 0.25) is 5.91 Å². The Morgan fingerprint density at radius 1 is 1.42 bits per heavy atom. The molecule has 0 bridgehead atoms. The van der Waals surface area contributed by atoms with Crippen LogP contribution in [0.15, 0.2) is 0 Å². The van der Waals surface area contributed by atoms with Crippen LogP contribution in [-0.2, 0) is 9.53 Å². The van der Waals surface area contributed by atoms with Crippen LogP contribution in [-0.4, -0.2) is 42.6 Å². The van der Waals surface area contributed by atoms with Crippen LogP contribution < -0.4 is 5.32 Å². The molecule has 0 unspecified atom stereocenters. The number of piperidine rings is 1. The van der Waals surface area contributed by atoms with Gasteiger partial charge in [0.15, 0.2) is 0 Å². The molecule has 6 nitrogen and oxygen atoms in total. The first-order chi connectivity index (χ1) is 9.17. The average molecular weight is 267 g/mol. The lowest BCUT2D eigenvalue weighted by Gasteiger charge is -2.31.